The molecule has 0 saturated heterocycles. The highest BCUT2D eigenvalue weighted by Gasteiger charge is 2.09. The van der Waals surface area contributed by atoms with E-state index in [1.54, 1.807) is 0 Å². The van der Waals surface area contributed by atoms with E-state index in [1.807, 2.05) is 13.8 Å². The molecule has 0 saturated carbocycles. The molecule has 0 amide bonds. The molecule has 0 aliphatic carbocycles. The van der Waals surface area contributed by atoms with Crippen molar-refractivity contribution in [2.45, 2.75) is 20.3 Å². The van der Waals surface area contributed by atoms with Crippen LogP contribution in [-0.2, 0) is 0 Å². The number of rotatable bonds is 3. The summed E-state index contributed by atoms with van der Waals surface area (Å²) in [7, 11) is 0. The second-order valence-corrected chi connectivity index (χ2v) is 4.08. The lowest BCUT2D eigenvalue weighted by Crippen LogP contribution is -2.00. The van der Waals surface area contributed by atoms with Gasteiger partial charge in [-0.2, -0.15) is 0 Å². The van der Waals surface area contributed by atoms with Gasteiger partial charge < -0.3 is 4.98 Å². The normalized spacial score (nSPS) is 10.6. The van der Waals surface area contributed by atoms with Crippen LogP contribution in [0.4, 0.5) is 0 Å². The third kappa shape index (κ3) is 2.30. The molecule has 4 heteroatoms. The van der Waals surface area contributed by atoms with Gasteiger partial charge >= 0.3 is 4.87 Å². The maximum Gasteiger partial charge on any atom is 0.305 e. The molecule has 1 aromatic heterocycles. The van der Waals surface area contributed by atoms with Gasteiger partial charge in [0, 0.05) is 12.6 Å². The van der Waals surface area contributed by atoms with Crippen LogP contribution in [0.2, 0.25) is 0 Å². The van der Waals surface area contributed by atoms with Gasteiger partial charge in [-0.25, -0.2) is 0 Å². The SMILES string of the molecule is CC(C)CC(=O)c1c[nH]c(=O)s1. The Balaban J connectivity index is 2.72. The Hall–Kier alpha value is -0.900. The average molecular weight is 185 g/mol. The van der Waals surface area contributed by atoms with E-state index in [1.165, 1.54) is 6.20 Å². The predicted molar refractivity (Wildman–Crippen MR) is 48.7 cm³/mol. The first-order chi connectivity index (χ1) is 5.59. The van der Waals surface area contributed by atoms with Crippen LogP contribution in [0.3, 0.4) is 0 Å². The minimum absolute atomic E-state index is 0.0494. The van der Waals surface area contributed by atoms with Crippen LogP contribution in [0.1, 0.15) is 29.9 Å². The molecule has 1 N–H and O–H groups in total. The maximum atomic E-state index is 11.3. The van der Waals surface area contributed by atoms with Gasteiger partial charge in [-0.3, -0.25) is 9.59 Å². The molecule has 1 rings (SSSR count). The van der Waals surface area contributed by atoms with Crippen molar-refractivity contribution in [1.82, 2.24) is 4.98 Å². The van der Waals surface area contributed by atoms with E-state index in [2.05, 4.69) is 4.98 Å². The van der Waals surface area contributed by atoms with Crippen LogP contribution in [0.25, 0.3) is 0 Å². The molecule has 12 heavy (non-hydrogen) atoms. The Kier molecular flexibility index (Phi) is 2.81. The summed E-state index contributed by atoms with van der Waals surface area (Å²) in [5, 5.41) is 0. The van der Waals surface area contributed by atoms with Crippen LogP contribution in [0, 0.1) is 5.92 Å². The van der Waals surface area contributed by atoms with E-state index in [0.29, 0.717) is 17.2 Å². The predicted octanol–water partition coefficient (Wildman–Crippen LogP) is 1.67. The van der Waals surface area contributed by atoms with Crippen LogP contribution in [0.15, 0.2) is 11.0 Å². The number of aromatic amines is 1. The second kappa shape index (κ2) is 3.67. The smallest absolute Gasteiger partial charge is 0.305 e. The zero-order chi connectivity index (χ0) is 9.14. The molecular formula is C8H11NO2S. The molecule has 66 valence electrons. The van der Waals surface area contributed by atoms with E-state index < -0.39 is 0 Å². The molecule has 0 spiro atoms. The third-order valence-corrected chi connectivity index (χ3v) is 2.26. The summed E-state index contributed by atoms with van der Waals surface area (Å²) in [6, 6.07) is 0. The fraction of sp³-hybridized carbons (Fsp3) is 0.500. The molecule has 0 unspecified atom stereocenters. The lowest BCUT2D eigenvalue weighted by Gasteiger charge is -1.99. The number of hydrogen-bond donors (Lipinski definition) is 1. The number of ketones is 1. The molecular weight excluding hydrogens is 174 g/mol. The first kappa shape index (κ1) is 9.19. The number of carbonyl (C=O) groups excluding carboxylic acids is 1. The van der Waals surface area contributed by atoms with Gasteiger partial charge in [0.2, 0.25) is 0 Å². The molecule has 0 aliphatic heterocycles. The van der Waals surface area contributed by atoms with Crippen molar-refractivity contribution < 1.29 is 4.79 Å². The largest absolute Gasteiger partial charge is 0.319 e. The number of H-pyrrole nitrogens is 1. The Morgan fingerprint density at radius 1 is 1.67 bits per heavy atom. The number of hydrogen-bond acceptors (Lipinski definition) is 3. The lowest BCUT2D eigenvalue weighted by molar-refractivity contribution is 0.0971. The fourth-order valence-electron chi connectivity index (χ4n) is 0.892. The summed E-state index contributed by atoms with van der Waals surface area (Å²) in [5.41, 5.74) is 0. The first-order valence-electron chi connectivity index (χ1n) is 3.81. The van der Waals surface area contributed by atoms with Crippen LogP contribution >= 0.6 is 11.3 Å². The molecule has 3 nitrogen and oxygen atoms in total. The van der Waals surface area contributed by atoms with Crippen molar-refractivity contribution in [1.29, 1.82) is 0 Å². The number of Topliss-reactive ketones (excluding diaryl/α,β-unsaturated/α-hetero) is 1. The average Bonchev–Trinajstić information content (AvgIpc) is 2.34. The van der Waals surface area contributed by atoms with E-state index in [0.717, 1.165) is 11.3 Å². The van der Waals surface area contributed by atoms with E-state index >= 15 is 0 Å². The number of aromatic nitrogens is 1. The minimum atomic E-state index is -0.165. The van der Waals surface area contributed by atoms with Gasteiger partial charge in [-0.1, -0.05) is 25.2 Å². The lowest BCUT2D eigenvalue weighted by atomic mass is 10.1. The Bertz CT molecular complexity index is 324. The Labute approximate surface area is 74.4 Å². The van der Waals surface area contributed by atoms with Gasteiger partial charge in [-0.15, -0.1) is 0 Å². The van der Waals surface area contributed by atoms with Crippen molar-refractivity contribution in [3.63, 3.8) is 0 Å². The van der Waals surface area contributed by atoms with Crippen LogP contribution in [0.5, 0.6) is 0 Å². The van der Waals surface area contributed by atoms with Gasteiger partial charge in [0.25, 0.3) is 0 Å². The van der Waals surface area contributed by atoms with E-state index in [9.17, 15) is 9.59 Å². The summed E-state index contributed by atoms with van der Waals surface area (Å²) in [4.78, 5) is 24.8. The second-order valence-electron chi connectivity index (χ2n) is 3.06. The summed E-state index contributed by atoms with van der Waals surface area (Å²) >= 11 is 0.977. The molecule has 0 fully saturated rings. The van der Waals surface area contributed by atoms with Crippen LogP contribution in [-0.4, -0.2) is 10.8 Å². The summed E-state index contributed by atoms with van der Waals surface area (Å²) in [6.45, 7) is 3.96. The standard InChI is InChI=1S/C8H11NO2S/c1-5(2)3-6(10)7-4-9-8(11)12-7/h4-5H,3H2,1-2H3,(H,9,11). The van der Waals surface area contributed by atoms with Gasteiger partial charge in [0.05, 0.1) is 4.88 Å². The highest BCUT2D eigenvalue weighted by atomic mass is 32.1. The number of thiazole rings is 1. The van der Waals surface area contributed by atoms with E-state index in [4.69, 9.17) is 0 Å². The minimum Gasteiger partial charge on any atom is -0.319 e. The molecule has 0 bridgehead atoms. The molecule has 1 heterocycles. The molecule has 0 radical (unpaired) electrons. The zero-order valence-corrected chi connectivity index (χ0v) is 7.90. The first-order valence-corrected chi connectivity index (χ1v) is 4.63. The fourth-order valence-corrected chi connectivity index (χ4v) is 1.52. The molecule has 1 aromatic rings. The summed E-state index contributed by atoms with van der Waals surface area (Å²) in [5.74, 6) is 0.392. The molecule has 0 atom stereocenters. The van der Waals surface area contributed by atoms with Gasteiger partial charge in [-0.05, 0) is 5.92 Å². The van der Waals surface area contributed by atoms with Crippen LogP contribution < -0.4 is 4.87 Å². The van der Waals surface area contributed by atoms with Crippen molar-refractivity contribution >= 4 is 17.1 Å². The summed E-state index contributed by atoms with van der Waals surface area (Å²) in [6.07, 6.45) is 1.99. The monoisotopic (exact) mass is 185 g/mol. The summed E-state index contributed by atoms with van der Waals surface area (Å²) < 4.78 is 0. The highest BCUT2D eigenvalue weighted by Crippen LogP contribution is 2.09. The topological polar surface area (TPSA) is 49.9 Å². The van der Waals surface area contributed by atoms with Crippen molar-refractivity contribution in [2.75, 3.05) is 0 Å². The highest BCUT2D eigenvalue weighted by molar-refractivity contribution is 7.11. The van der Waals surface area contributed by atoms with E-state index in [-0.39, 0.29) is 10.7 Å². The van der Waals surface area contributed by atoms with Crippen molar-refractivity contribution in [2.24, 2.45) is 5.92 Å². The zero-order valence-electron chi connectivity index (χ0n) is 7.09. The van der Waals surface area contributed by atoms with Gasteiger partial charge in [0.1, 0.15) is 0 Å². The third-order valence-electron chi connectivity index (χ3n) is 1.39. The number of carbonyl (C=O) groups is 1. The number of nitrogens with one attached hydrogen (secondary N) is 1. The maximum absolute atomic E-state index is 11.3. The molecule has 0 aromatic carbocycles. The van der Waals surface area contributed by atoms with Crippen molar-refractivity contribution in [3.8, 4) is 0 Å². The molecule has 0 aliphatic rings. The Morgan fingerprint density at radius 2 is 2.33 bits per heavy atom. The Morgan fingerprint density at radius 3 is 2.75 bits per heavy atom. The van der Waals surface area contributed by atoms with Crippen molar-refractivity contribution in [3.05, 3.63) is 20.7 Å². The van der Waals surface area contributed by atoms with Gasteiger partial charge in [0.15, 0.2) is 5.78 Å². The quantitative estimate of drug-likeness (QED) is 0.728.